The van der Waals surface area contributed by atoms with Crippen LogP contribution in [-0.2, 0) is 15.0 Å². The highest BCUT2D eigenvalue weighted by Gasteiger charge is 2.26. The molecule has 3 heteroatoms. The van der Waals surface area contributed by atoms with Gasteiger partial charge < -0.3 is 15.2 Å². The standard InChI is InChI=1S/C13H21NO2/c1-15-10-8-13(14,9-11-16-2)12-6-4-3-5-7-12/h3-7H,8-11,14H2,1-2H3. The number of nitrogens with two attached hydrogens (primary N) is 1. The molecule has 0 heterocycles. The van der Waals surface area contributed by atoms with Gasteiger partial charge in [-0.05, 0) is 18.4 Å². The summed E-state index contributed by atoms with van der Waals surface area (Å²) in [5, 5.41) is 0. The maximum absolute atomic E-state index is 6.43. The molecule has 0 aliphatic carbocycles. The Morgan fingerprint density at radius 2 is 1.50 bits per heavy atom. The molecular formula is C13H21NO2. The molecule has 0 bridgehead atoms. The zero-order valence-corrected chi connectivity index (χ0v) is 10.1. The highest BCUT2D eigenvalue weighted by atomic mass is 16.5. The predicted octanol–water partition coefficient (Wildman–Crippen LogP) is 1.91. The van der Waals surface area contributed by atoms with Crippen LogP contribution in [-0.4, -0.2) is 27.4 Å². The van der Waals surface area contributed by atoms with Crippen molar-refractivity contribution in [2.24, 2.45) is 5.73 Å². The minimum atomic E-state index is -0.354. The van der Waals surface area contributed by atoms with Crippen LogP contribution in [0.1, 0.15) is 18.4 Å². The number of ether oxygens (including phenoxy) is 2. The molecule has 1 rings (SSSR count). The van der Waals surface area contributed by atoms with E-state index in [4.69, 9.17) is 15.2 Å². The number of hydrogen-bond acceptors (Lipinski definition) is 3. The van der Waals surface area contributed by atoms with Crippen LogP contribution >= 0.6 is 0 Å². The quantitative estimate of drug-likeness (QED) is 0.768. The van der Waals surface area contributed by atoms with Crippen molar-refractivity contribution in [3.05, 3.63) is 35.9 Å². The largest absolute Gasteiger partial charge is 0.385 e. The molecule has 0 radical (unpaired) electrons. The highest BCUT2D eigenvalue weighted by Crippen LogP contribution is 2.25. The van der Waals surface area contributed by atoms with Crippen LogP contribution < -0.4 is 5.73 Å². The number of methoxy groups -OCH3 is 2. The molecule has 1 aromatic rings. The summed E-state index contributed by atoms with van der Waals surface area (Å²) >= 11 is 0. The number of benzene rings is 1. The van der Waals surface area contributed by atoms with Gasteiger partial charge in [-0.1, -0.05) is 30.3 Å². The first kappa shape index (κ1) is 13.2. The van der Waals surface area contributed by atoms with E-state index in [9.17, 15) is 0 Å². The smallest absolute Gasteiger partial charge is 0.0483 e. The third-order valence-electron chi connectivity index (χ3n) is 2.85. The minimum Gasteiger partial charge on any atom is -0.385 e. The van der Waals surface area contributed by atoms with Crippen LogP contribution in [0.25, 0.3) is 0 Å². The lowest BCUT2D eigenvalue weighted by atomic mass is 9.85. The van der Waals surface area contributed by atoms with Crippen molar-refractivity contribution >= 4 is 0 Å². The summed E-state index contributed by atoms with van der Waals surface area (Å²) in [4.78, 5) is 0. The van der Waals surface area contributed by atoms with Crippen LogP contribution in [0.4, 0.5) is 0 Å². The van der Waals surface area contributed by atoms with Crippen LogP contribution in [0, 0.1) is 0 Å². The zero-order chi connectivity index (χ0) is 11.9. The molecular weight excluding hydrogens is 202 g/mol. The van der Waals surface area contributed by atoms with E-state index in [1.165, 1.54) is 0 Å². The molecule has 3 nitrogen and oxygen atoms in total. The van der Waals surface area contributed by atoms with Crippen LogP contribution in [0.15, 0.2) is 30.3 Å². The van der Waals surface area contributed by atoms with Gasteiger partial charge in [-0.3, -0.25) is 0 Å². The Balaban J connectivity index is 2.77. The second-order valence-electron chi connectivity index (χ2n) is 4.01. The van der Waals surface area contributed by atoms with Crippen molar-refractivity contribution in [3.8, 4) is 0 Å². The summed E-state index contributed by atoms with van der Waals surface area (Å²) in [7, 11) is 3.39. The molecule has 0 aliphatic rings. The fraction of sp³-hybridized carbons (Fsp3) is 0.538. The van der Waals surface area contributed by atoms with E-state index < -0.39 is 0 Å². The second kappa shape index (κ2) is 6.63. The summed E-state index contributed by atoms with van der Waals surface area (Å²) in [6, 6.07) is 10.1. The summed E-state index contributed by atoms with van der Waals surface area (Å²) in [6.45, 7) is 1.32. The average Bonchev–Trinajstić information content (AvgIpc) is 2.35. The predicted molar refractivity (Wildman–Crippen MR) is 65.3 cm³/mol. The monoisotopic (exact) mass is 223 g/mol. The molecule has 0 saturated carbocycles. The molecule has 0 aromatic heterocycles. The Kier molecular flexibility index (Phi) is 5.46. The van der Waals surface area contributed by atoms with Gasteiger partial charge in [0.2, 0.25) is 0 Å². The fourth-order valence-corrected chi connectivity index (χ4v) is 1.75. The lowest BCUT2D eigenvalue weighted by molar-refractivity contribution is 0.133. The van der Waals surface area contributed by atoms with Gasteiger partial charge in [0.05, 0.1) is 0 Å². The van der Waals surface area contributed by atoms with Gasteiger partial charge in [-0.2, -0.15) is 0 Å². The van der Waals surface area contributed by atoms with E-state index in [1.807, 2.05) is 18.2 Å². The molecule has 0 saturated heterocycles. The van der Waals surface area contributed by atoms with E-state index in [1.54, 1.807) is 14.2 Å². The Morgan fingerprint density at radius 1 is 1.00 bits per heavy atom. The molecule has 0 spiro atoms. The lowest BCUT2D eigenvalue weighted by Gasteiger charge is -2.29. The minimum absolute atomic E-state index is 0.354. The zero-order valence-electron chi connectivity index (χ0n) is 10.1. The molecule has 90 valence electrons. The van der Waals surface area contributed by atoms with Crippen molar-refractivity contribution in [1.29, 1.82) is 0 Å². The summed E-state index contributed by atoms with van der Waals surface area (Å²) in [6.07, 6.45) is 1.60. The molecule has 0 atom stereocenters. The van der Waals surface area contributed by atoms with Gasteiger partial charge >= 0.3 is 0 Å². The molecule has 16 heavy (non-hydrogen) atoms. The Hall–Kier alpha value is -0.900. The first-order valence-corrected chi connectivity index (χ1v) is 5.55. The molecule has 0 amide bonds. The fourth-order valence-electron chi connectivity index (χ4n) is 1.75. The van der Waals surface area contributed by atoms with E-state index in [0.717, 1.165) is 18.4 Å². The number of hydrogen-bond donors (Lipinski definition) is 1. The topological polar surface area (TPSA) is 44.5 Å². The SMILES string of the molecule is COCCC(N)(CCOC)c1ccccc1. The Labute approximate surface area is 97.6 Å². The van der Waals surface area contributed by atoms with Gasteiger partial charge in [0, 0.05) is 33.0 Å². The maximum Gasteiger partial charge on any atom is 0.0483 e. The van der Waals surface area contributed by atoms with Gasteiger partial charge in [0.15, 0.2) is 0 Å². The van der Waals surface area contributed by atoms with Crippen molar-refractivity contribution in [2.75, 3.05) is 27.4 Å². The van der Waals surface area contributed by atoms with Gasteiger partial charge in [0.25, 0.3) is 0 Å². The molecule has 0 unspecified atom stereocenters. The first-order chi connectivity index (χ1) is 7.73. The van der Waals surface area contributed by atoms with Crippen molar-refractivity contribution in [2.45, 2.75) is 18.4 Å². The summed E-state index contributed by atoms with van der Waals surface area (Å²) in [5.41, 5.74) is 7.22. The van der Waals surface area contributed by atoms with E-state index in [-0.39, 0.29) is 5.54 Å². The van der Waals surface area contributed by atoms with Crippen LogP contribution in [0.5, 0.6) is 0 Å². The molecule has 0 aliphatic heterocycles. The van der Waals surface area contributed by atoms with Gasteiger partial charge in [-0.15, -0.1) is 0 Å². The molecule has 1 aromatic carbocycles. The number of rotatable bonds is 7. The van der Waals surface area contributed by atoms with E-state index >= 15 is 0 Å². The van der Waals surface area contributed by atoms with Crippen molar-refractivity contribution < 1.29 is 9.47 Å². The Bertz CT molecular complexity index is 279. The third-order valence-corrected chi connectivity index (χ3v) is 2.85. The van der Waals surface area contributed by atoms with Gasteiger partial charge in [0.1, 0.15) is 0 Å². The second-order valence-corrected chi connectivity index (χ2v) is 4.01. The van der Waals surface area contributed by atoms with E-state index in [2.05, 4.69) is 12.1 Å². The first-order valence-electron chi connectivity index (χ1n) is 5.55. The molecule has 2 N–H and O–H groups in total. The summed E-state index contributed by atoms with van der Waals surface area (Å²) in [5.74, 6) is 0. The van der Waals surface area contributed by atoms with Crippen LogP contribution in [0.2, 0.25) is 0 Å². The highest BCUT2D eigenvalue weighted by molar-refractivity contribution is 5.23. The normalized spacial score (nSPS) is 11.7. The van der Waals surface area contributed by atoms with Gasteiger partial charge in [-0.25, -0.2) is 0 Å². The third kappa shape index (κ3) is 3.59. The van der Waals surface area contributed by atoms with Crippen molar-refractivity contribution in [1.82, 2.24) is 0 Å². The lowest BCUT2D eigenvalue weighted by Crippen LogP contribution is -2.39. The van der Waals surface area contributed by atoms with Crippen LogP contribution in [0.3, 0.4) is 0 Å². The Morgan fingerprint density at radius 3 is 1.94 bits per heavy atom. The van der Waals surface area contributed by atoms with E-state index in [0.29, 0.717) is 13.2 Å². The average molecular weight is 223 g/mol. The summed E-state index contributed by atoms with van der Waals surface area (Å²) < 4.78 is 10.2. The molecule has 0 fully saturated rings. The van der Waals surface area contributed by atoms with Crippen molar-refractivity contribution in [3.63, 3.8) is 0 Å². The maximum atomic E-state index is 6.43.